The number of carboxylic acid groups (broad SMARTS) is 1. The first-order chi connectivity index (χ1) is 52.7. The molecule has 37 nitrogen and oxygen atoms in total. The molecule has 110 heavy (non-hydrogen) atoms. The van der Waals surface area contributed by atoms with Crippen LogP contribution in [0.2, 0.25) is 0 Å². The van der Waals surface area contributed by atoms with Crippen molar-refractivity contribution >= 4 is 100 Å². The van der Waals surface area contributed by atoms with Gasteiger partial charge in [-0.05, 0) is 74.6 Å². The zero-order valence-corrected chi connectivity index (χ0v) is 63.4. The summed E-state index contributed by atoms with van der Waals surface area (Å²) in [7, 11) is 0. The Bertz CT molecular complexity index is 3400. The van der Waals surface area contributed by atoms with Crippen molar-refractivity contribution in [3.8, 4) is 5.75 Å². The van der Waals surface area contributed by atoms with E-state index in [9.17, 15) is 77.3 Å². The van der Waals surface area contributed by atoms with Gasteiger partial charge in [0, 0.05) is 161 Å². The number of aliphatic imine (C=N–C) groups is 1. The summed E-state index contributed by atoms with van der Waals surface area (Å²) in [5.41, 5.74) is 17.2. The van der Waals surface area contributed by atoms with Gasteiger partial charge in [0.25, 0.3) is 0 Å². The molecule has 2 aromatic carbocycles. The number of amides is 13. The third-order valence-corrected chi connectivity index (χ3v) is 20.1. The van der Waals surface area contributed by atoms with Gasteiger partial charge in [0.15, 0.2) is 5.96 Å². The Kier molecular flexibility index (Phi) is 38.5. The van der Waals surface area contributed by atoms with E-state index >= 15 is 0 Å². The van der Waals surface area contributed by atoms with E-state index in [1.807, 2.05) is 0 Å². The predicted molar refractivity (Wildman–Crippen MR) is 408 cm³/mol. The normalized spacial score (nSPS) is 22.8. The van der Waals surface area contributed by atoms with E-state index < -0.39 is 137 Å². The van der Waals surface area contributed by atoms with Crippen LogP contribution < -0.4 is 102 Å². The number of nitrogens with two attached hydrogens (primary N) is 3. The highest BCUT2D eigenvalue weighted by atomic mass is 32.2. The number of guanidine groups is 1. The number of phenolic OH excluding ortho intramolecular Hbond substituents is 1. The van der Waals surface area contributed by atoms with Crippen LogP contribution in [0.4, 0.5) is 0 Å². The first-order valence-electron chi connectivity index (χ1n) is 37.7. The molecule has 13 amide bonds. The van der Waals surface area contributed by atoms with Crippen LogP contribution in [0.1, 0.15) is 114 Å². The van der Waals surface area contributed by atoms with Crippen LogP contribution in [0, 0.1) is 5.41 Å². The van der Waals surface area contributed by atoms with E-state index in [1.54, 1.807) is 42.5 Å². The van der Waals surface area contributed by atoms with Crippen LogP contribution in [-0.2, 0) is 80.0 Å². The van der Waals surface area contributed by atoms with Gasteiger partial charge in [0.2, 0.25) is 76.8 Å². The molecule has 4 unspecified atom stereocenters. The number of nitrogens with one attached hydrogen (secondary N) is 16. The van der Waals surface area contributed by atoms with Crippen molar-refractivity contribution < 1.29 is 77.3 Å². The number of primary amides is 1. The van der Waals surface area contributed by atoms with Crippen LogP contribution in [0.25, 0.3) is 0 Å². The maximum absolute atomic E-state index is 14.2. The lowest BCUT2D eigenvalue weighted by molar-refractivity contribution is -0.141. The van der Waals surface area contributed by atoms with Crippen LogP contribution in [0.5, 0.6) is 5.75 Å². The number of nitrogens with zero attached hydrogens (tertiary/aromatic N) is 2. The molecule has 5 heterocycles. The van der Waals surface area contributed by atoms with Crippen LogP contribution in [0.15, 0.2) is 59.6 Å². The lowest BCUT2D eigenvalue weighted by Gasteiger charge is -2.37. The molecule has 5 saturated heterocycles. The number of benzene rings is 2. The van der Waals surface area contributed by atoms with Gasteiger partial charge < -0.3 is 112 Å². The number of carboxylic acids is 1. The van der Waals surface area contributed by atoms with E-state index in [0.717, 1.165) is 55.9 Å². The summed E-state index contributed by atoms with van der Waals surface area (Å²) >= 11 is 0.951. The average Bonchev–Trinajstić information content (AvgIpc) is 1.76. The number of hydrogen-bond acceptors (Lipinski definition) is 23. The second-order valence-electron chi connectivity index (χ2n) is 28.4. The molecule has 5 aliphatic rings. The number of hydrogen-bond donors (Lipinski definition) is 21. The van der Waals surface area contributed by atoms with Crippen molar-refractivity contribution in [1.29, 1.82) is 0 Å². The molecule has 0 aromatic heterocycles. The lowest BCUT2D eigenvalue weighted by Crippen LogP contribution is -2.66. The van der Waals surface area contributed by atoms with Crippen LogP contribution in [-0.4, -0.2) is 268 Å². The SMILES string of the molecule is CC12CNCCNCC(NC(=O)CCCC(=O)N[C@@H](Cc3ccc(O)cc3)C(=O)NCCCCCC(=O)NC(CSC3CC(=O)N(CCC(=O)NCCCCC4NC(=O)[C@@H](Cc5ccccc5)NC(=O)[C@@H](CC(=O)O)NC(=O)CNC(=O)C(CCCN=C(N)N)NC4=O)C3=O)C(N)=O)(CNCCNC1)CNCCNC2. The monoisotopic (exact) mass is 1560 g/mol. The number of carbonyl (C=O) groups is 14. The van der Waals surface area contributed by atoms with Crippen LogP contribution in [0.3, 0.4) is 0 Å². The summed E-state index contributed by atoms with van der Waals surface area (Å²) in [6.45, 7) is 10.0. The quantitative estimate of drug-likeness (QED) is 0.0131. The molecule has 7 atom stereocenters. The number of unbranched alkanes of at least 4 members (excludes halogenated alkanes) is 3. The first-order valence-corrected chi connectivity index (χ1v) is 38.7. The molecular formula is C72H113N21O16S. The van der Waals surface area contributed by atoms with Gasteiger partial charge >= 0.3 is 5.97 Å². The lowest BCUT2D eigenvalue weighted by atomic mass is 9.90. The van der Waals surface area contributed by atoms with E-state index in [4.69, 9.17) is 17.2 Å². The zero-order chi connectivity index (χ0) is 79.9. The molecule has 608 valence electrons. The van der Waals surface area contributed by atoms with Crippen molar-refractivity contribution in [3.05, 3.63) is 65.7 Å². The minimum absolute atomic E-state index is 0.0148. The molecule has 5 aliphatic heterocycles. The third-order valence-electron chi connectivity index (χ3n) is 18.8. The highest BCUT2D eigenvalue weighted by Crippen LogP contribution is 2.26. The Hall–Kier alpha value is -9.60. The number of likely N-dealkylation sites (tertiary alicyclic amines) is 1. The highest BCUT2D eigenvalue weighted by Gasteiger charge is 2.40. The zero-order valence-electron chi connectivity index (χ0n) is 62.6. The molecular weight excluding hydrogens is 1450 g/mol. The summed E-state index contributed by atoms with van der Waals surface area (Å²) < 4.78 is 0. The van der Waals surface area contributed by atoms with Crippen LogP contribution >= 0.6 is 11.8 Å². The smallest absolute Gasteiger partial charge is 0.305 e. The number of rotatable bonds is 36. The van der Waals surface area contributed by atoms with Crippen molar-refractivity contribution in [3.63, 3.8) is 0 Å². The van der Waals surface area contributed by atoms with Crippen molar-refractivity contribution in [2.45, 2.75) is 163 Å². The summed E-state index contributed by atoms with van der Waals surface area (Å²) in [5.74, 6) is -10.4. The summed E-state index contributed by atoms with van der Waals surface area (Å²) in [4.78, 5) is 191. The summed E-state index contributed by atoms with van der Waals surface area (Å²) in [6.07, 6.45) is 0.595. The van der Waals surface area contributed by atoms with Gasteiger partial charge in [-0.2, -0.15) is 0 Å². The number of imide groups is 1. The van der Waals surface area contributed by atoms with Crippen molar-refractivity contribution in [2.24, 2.45) is 27.6 Å². The van der Waals surface area contributed by atoms with Gasteiger partial charge in [-0.15, -0.1) is 11.8 Å². The van der Waals surface area contributed by atoms with Crippen molar-refractivity contribution in [2.75, 3.05) is 117 Å². The largest absolute Gasteiger partial charge is 0.508 e. The first kappa shape index (κ1) is 89.3. The second-order valence-corrected chi connectivity index (χ2v) is 29.7. The van der Waals surface area contributed by atoms with Gasteiger partial charge in [0.1, 0.15) is 42.0 Å². The number of fused-ring (bicyclic) bond motifs is 15. The van der Waals surface area contributed by atoms with Gasteiger partial charge in [-0.25, -0.2) is 0 Å². The molecule has 24 N–H and O–H groups in total. The molecule has 0 radical (unpaired) electrons. The topological polar surface area (TPSA) is 566 Å². The molecule has 2 aromatic rings. The minimum atomic E-state index is -1.67. The average molecular weight is 1560 g/mol. The number of aliphatic carboxylic acids is 1. The second kappa shape index (κ2) is 47.5. The van der Waals surface area contributed by atoms with Crippen molar-refractivity contribution in [1.82, 2.24) is 90.0 Å². The molecule has 0 spiro atoms. The summed E-state index contributed by atoms with van der Waals surface area (Å²) in [6, 6.07) is 6.80. The van der Waals surface area contributed by atoms with Gasteiger partial charge in [-0.1, -0.05) is 55.8 Å². The molecule has 5 fully saturated rings. The Morgan fingerprint density at radius 2 is 1.13 bits per heavy atom. The fraction of sp³-hybridized carbons (Fsp3) is 0.625. The Labute approximate surface area is 644 Å². The van der Waals surface area contributed by atoms with Gasteiger partial charge in [-0.3, -0.25) is 77.0 Å². The molecule has 2 bridgehead atoms. The number of thioether (sulfide) groups is 1. The number of carbonyl (C=O) groups excluding carboxylic acids is 13. The standard InChI is InChI=1S/C72H113N21O16S/c1-71-40-76-27-30-79-43-72(44-80-31-28-77-41-71,45-81-32-29-78-42-71)92-59(98)18-10-17-58(97)86-51(35-47-19-21-48(94)22-20-47)65(105)83-25-8-3-6-16-57(96)88-54(63(73)103)39-110-55-37-61(100)93(69(55)109)33-23-56(95)82-24-9-7-14-50-66(106)89-49(15-11-26-84-70(74)75)64(104)85-38-60(99)87-53(36-62(101)102)68(108)91-52(67(107)90-50)34-46-12-4-2-5-13-46/h2,4-5,12-13,19-22,49-55,76-81,94H,3,6-11,14-18,23-45H2,1H3,(H2,73,103)(H,82,95)(H,83,105)(H,85,104)(H,86,97)(H,87,99)(H,88,96)(H,89,106)(H,90,107)(H,91,108)(H,92,98)(H,101,102)(H4,74,75,84)/t49?,50?,51-,52+,53+,54?,55?,71?,72?/m0/s1. The molecule has 0 aliphatic carbocycles. The van der Waals surface area contributed by atoms with E-state index in [-0.39, 0.29) is 138 Å². The van der Waals surface area contributed by atoms with Gasteiger partial charge in [0.05, 0.1) is 23.8 Å². The van der Waals surface area contributed by atoms with E-state index in [0.29, 0.717) is 69.7 Å². The summed E-state index contributed by atoms with van der Waals surface area (Å²) in [5, 5.41) is 66.7. The third kappa shape index (κ3) is 33.3. The maximum atomic E-state index is 14.2. The molecule has 38 heteroatoms. The Balaban J connectivity index is 0.920. The number of aromatic hydroxyl groups is 1. The highest BCUT2D eigenvalue weighted by molar-refractivity contribution is 8.00. The maximum Gasteiger partial charge on any atom is 0.305 e. The minimum Gasteiger partial charge on any atom is -0.508 e. The molecule has 0 saturated carbocycles. The predicted octanol–water partition coefficient (Wildman–Crippen LogP) is -5.96. The fourth-order valence-electron chi connectivity index (χ4n) is 12.8. The Morgan fingerprint density at radius 1 is 0.582 bits per heavy atom. The fourth-order valence-corrected chi connectivity index (χ4v) is 14.0. The molecule has 7 rings (SSSR count). The Morgan fingerprint density at radius 3 is 1.75 bits per heavy atom. The van der Waals surface area contributed by atoms with E-state index in [1.165, 1.54) is 12.1 Å². The number of phenols is 1. The van der Waals surface area contributed by atoms with E-state index in [2.05, 4.69) is 97.0 Å².